The molecule has 0 N–H and O–H groups in total. The molecule has 0 spiro atoms. The highest BCUT2D eigenvalue weighted by atomic mass is 32.2. The number of para-hydroxylation sites is 2. The van der Waals surface area contributed by atoms with Gasteiger partial charge >= 0.3 is 0 Å². The van der Waals surface area contributed by atoms with Crippen LogP contribution in [0.5, 0.6) is 5.75 Å². The van der Waals surface area contributed by atoms with E-state index in [0.29, 0.717) is 45.9 Å². The number of aromatic nitrogens is 4. The third-order valence-corrected chi connectivity index (χ3v) is 5.18. The Balaban J connectivity index is 1.57. The summed E-state index contributed by atoms with van der Waals surface area (Å²) in [6, 6.07) is 14.9. The minimum atomic E-state index is -0.0787. The molecule has 0 aliphatic carbocycles. The van der Waals surface area contributed by atoms with Gasteiger partial charge in [0.2, 0.25) is 11.7 Å². The molecule has 0 saturated carbocycles. The topological polar surface area (TPSA) is 83.0 Å². The monoisotopic (exact) mass is 394 g/mol. The average molecular weight is 394 g/mol. The van der Waals surface area contributed by atoms with Crippen LogP contribution in [0.1, 0.15) is 12.8 Å². The standard InChI is InChI=1S/C20H18N4O3S/c1-3-26-16-11-7-5-9-14(16)18-22-17(27-23-18)12-28-20-21-15-10-6-4-8-13(15)19(25)24(20)2/h4-11H,3,12H2,1-2H3. The van der Waals surface area contributed by atoms with E-state index in [9.17, 15) is 4.79 Å². The molecule has 142 valence electrons. The smallest absolute Gasteiger partial charge is 0.261 e. The summed E-state index contributed by atoms with van der Waals surface area (Å²) in [5, 5.41) is 5.26. The van der Waals surface area contributed by atoms with Crippen molar-refractivity contribution in [1.82, 2.24) is 19.7 Å². The zero-order chi connectivity index (χ0) is 19.5. The largest absolute Gasteiger partial charge is 0.493 e. The zero-order valence-electron chi connectivity index (χ0n) is 15.5. The lowest BCUT2D eigenvalue weighted by Crippen LogP contribution is -2.19. The molecule has 0 unspecified atom stereocenters. The van der Waals surface area contributed by atoms with E-state index in [2.05, 4.69) is 15.1 Å². The summed E-state index contributed by atoms with van der Waals surface area (Å²) in [4.78, 5) is 21.5. The second-order valence-electron chi connectivity index (χ2n) is 6.01. The second-order valence-corrected chi connectivity index (χ2v) is 6.95. The quantitative estimate of drug-likeness (QED) is 0.364. The number of hydrogen-bond donors (Lipinski definition) is 0. The van der Waals surface area contributed by atoms with Crippen LogP contribution in [-0.2, 0) is 12.8 Å². The van der Waals surface area contributed by atoms with Crippen molar-refractivity contribution in [2.24, 2.45) is 7.05 Å². The second kappa shape index (κ2) is 7.85. The van der Waals surface area contributed by atoms with Crippen LogP contribution in [0, 0.1) is 0 Å². The molecule has 0 atom stereocenters. The lowest BCUT2D eigenvalue weighted by molar-refractivity contribution is 0.341. The first-order chi connectivity index (χ1) is 13.7. The van der Waals surface area contributed by atoms with Gasteiger partial charge in [0.25, 0.3) is 5.56 Å². The fraction of sp³-hybridized carbons (Fsp3) is 0.200. The van der Waals surface area contributed by atoms with Crippen LogP contribution in [0.3, 0.4) is 0 Å². The number of hydrogen-bond acceptors (Lipinski definition) is 7. The molecule has 7 nitrogen and oxygen atoms in total. The summed E-state index contributed by atoms with van der Waals surface area (Å²) in [6.45, 7) is 2.48. The van der Waals surface area contributed by atoms with Crippen LogP contribution in [0.4, 0.5) is 0 Å². The molecule has 0 bridgehead atoms. The van der Waals surface area contributed by atoms with Crippen LogP contribution < -0.4 is 10.3 Å². The fourth-order valence-corrected chi connectivity index (χ4v) is 3.62. The van der Waals surface area contributed by atoms with E-state index in [1.165, 1.54) is 16.3 Å². The minimum Gasteiger partial charge on any atom is -0.493 e. The van der Waals surface area contributed by atoms with Crippen molar-refractivity contribution in [2.75, 3.05) is 6.61 Å². The van der Waals surface area contributed by atoms with Gasteiger partial charge in [0, 0.05) is 7.05 Å². The molecule has 2 aromatic carbocycles. The van der Waals surface area contributed by atoms with Crippen molar-refractivity contribution in [3.8, 4) is 17.1 Å². The predicted molar refractivity (Wildman–Crippen MR) is 107 cm³/mol. The Labute approximate surface area is 165 Å². The highest BCUT2D eigenvalue weighted by Crippen LogP contribution is 2.28. The van der Waals surface area contributed by atoms with Gasteiger partial charge in [0.15, 0.2) is 5.16 Å². The third-order valence-electron chi connectivity index (χ3n) is 4.16. The minimum absolute atomic E-state index is 0.0787. The number of thioether (sulfide) groups is 1. The van der Waals surface area contributed by atoms with Crippen molar-refractivity contribution >= 4 is 22.7 Å². The maximum absolute atomic E-state index is 12.5. The summed E-state index contributed by atoms with van der Waals surface area (Å²) in [6.07, 6.45) is 0. The van der Waals surface area contributed by atoms with Crippen molar-refractivity contribution in [1.29, 1.82) is 0 Å². The van der Waals surface area contributed by atoms with Gasteiger partial charge in [-0.25, -0.2) is 4.98 Å². The maximum atomic E-state index is 12.5. The Morgan fingerprint density at radius 3 is 2.75 bits per heavy atom. The molecule has 0 saturated heterocycles. The van der Waals surface area contributed by atoms with E-state index in [1.54, 1.807) is 13.1 Å². The average Bonchev–Trinajstić information content (AvgIpc) is 3.19. The summed E-state index contributed by atoms with van der Waals surface area (Å²) in [5.41, 5.74) is 1.37. The Bertz CT molecular complexity index is 1190. The maximum Gasteiger partial charge on any atom is 0.261 e. The van der Waals surface area contributed by atoms with Gasteiger partial charge in [-0.2, -0.15) is 4.98 Å². The van der Waals surface area contributed by atoms with E-state index in [4.69, 9.17) is 9.26 Å². The zero-order valence-corrected chi connectivity index (χ0v) is 16.3. The number of benzene rings is 2. The van der Waals surface area contributed by atoms with Gasteiger partial charge in [0.1, 0.15) is 5.75 Å². The SMILES string of the molecule is CCOc1ccccc1-c1noc(CSc2nc3ccccc3c(=O)n2C)n1. The number of fused-ring (bicyclic) bond motifs is 1. The Hall–Kier alpha value is -3.13. The Morgan fingerprint density at radius 2 is 1.89 bits per heavy atom. The van der Waals surface area contributed by atoms with Crippen LogP contribution in [0.2, 0.25) is 0 Å². The Kier molecular flexibility index (Phi) is 5.12. The third kappa shape index (κ3) is 3.50. The summed E-state index contributed by atoms with van der Waals surface area (Å²) in [7, 11) is 1.71. The molecule has 4 aromatic rings. The predicted octanol–water partition coefficient (Wildman–Crippen LogP) is 3.67. The van der Waals surface area contributed by atoms with Crippen LogP contribution >= 0.6 is 11.8 Å². The van der Waals surface area contributed by atoms with Gasteiger partial charge in [-0.3, -0.25) is 9.36 Å². The lowest BCUT2D eigenvalue weighted by atomic mass is 10.2. The molecule has 4 rings (SSSR count). The molecule has 0 radical (unpaired) electrons. The highest BCUT2D eigenvalue weighted by Gasteiger charge is 2.15. The van der Waals surface area contributed by atoms with E-state index in [1.807, 2.05) is 49.4 Å². The number of nitrogens with zero attached hydrogens (tertiary/aromatic N) is 4. The van der Waals surface area contributed by atoms with Gasteiger partial charge in [-0.15, -0.1) is 0 Å². The Morgan fingerprint density at radius 1 is 1.11 bits per heavy atom. The van der Waals surface area contributed by atoms with E-state index >= 15 is 0 Å². The van der Waals surface area contributed by atoms with Gasteiger partial charge in [-0.1, -0.05) is 41.2 Å². The molecule has 28 heavy (non-hydrogen) atoms. The molecule has 2 heterocycles. The first-order valence-electron chi connectivity index (χ1n) is 8.80. The number of rotatable bonds is 6. The molecule has 0 fully saturated rings. The van der Waals surface area contributed by atoms with Crippen LogP contribution in [0.15, 0.2) is 63.0 Å². The molecular formula is C20H18N4O3S. The first kappa shape index (κ1) is 18.2. The molecule has 0 aliphatic heterocycles. The summed E-state index contributed by atoms with van der Waals surface area (Å²) < 4.78 is 12.5. The van der Waals surface area contributed by atoms with Gasteiger partial charge in [-0.05, 0) is 31.2 Å². The molecule has 0 aliphatic rings. The first-order valence-corrected chi connectivity index (χ1v) is 9.79. The molecular weight excluding hydrogens is 376 g/mol. The van der Waals surface area contributed by atoms with Crippen molar-refractivity contribution in [3.05, 3.63) is 64.8 Å². The van der Waals surface area contributed by atoms with E-state index < -0.39 is 0 Å². The fourth-order valence-electron chi connectivity index (χ4n) is 2.81. The van der Waals surface area contributed by atoms with E-state index in [0.717, 1.165) is 5.56 Å². The lowest BCUT2D eigenvalue weighted by Gasteiger charge is -2.07. The van der Waals surface area contributed by atoms with Crippen LogP contribution in [0.25, 0.3) is 22.3 Å². The van der Waals surface area contributed by atoms with Gasteiger partial charge in [0.05, 0.1) is 28.8 Å². The summed E-state index contributed by atoms with van der Waals surface area (Å²) >= 11 is 1.38. The molecule has 8 heteroatoms. The van der Waals surface area contributed by atoms with Gasteiger partial charge < -0.3 is 9.26 Å². The number of ether oxygens (including phenoxy) is 1. The van der Waals surface area contributed by atoms with E-state index in [-0.39, 0.29) is 5.56 Å². The van der Waals surface area contributed by atoms with Crippen molar-refractivity contribution in [3.63, 3.8) is 0 Å². The summed E-state index contributed by atoms with van der Waals surface area (Å²) in [5.74, 6) is 2.04. The van der Waals surface area contributed by atoms with Crippen molar-refractivity contribution in [2.45, 2.75) is 17.8 Å². The highest BCUT2D eigenvalue weighted by molar-refractivity contribution is 7.98. The molecule has 2 aromatic heterocycles. The normalized spacial score (nSPS) is 11.1. The molecule has 0 amide bonds. The van der Waals surface area contributed by atoms with Crippen molar-refractivity contribution < 1.29 is 9.26 Å². The van der Waals surface area contributed by atoms with Crippen LogP contribution in [-0.4, -0.2) is 26.3 Å².